The molecule has 1 atom stereocenters. The summed E-state index contributed by atoms with van der Waals surface area (Å²) in [4.78, 5) is 2.30. The monoisotopic (exact) mass is 252 g/mol. The average molecular weight is 252 g/mol. The fraction of sp³-hybridized carbons (Fsp3) is 0.786. The highest BCUT2D eigenvalue weighted by atomic mass is 15.4. The van der Waals surface area contributed by atoms with Crippen LogP contribution in [-0.2, 0) is 13.5 Å². The molecule has 1 unspecified atom stereocenters. The normalized spacial score (nSPS) is 13.1. The number of nitrogens with zero attached hydrogens (tertiary/aromatic N) is 3. The average Bonchev–Trinajstić information content (AvgIpc) is 2.50. The van der Waals surface area contributed by atoms with Crippen molar-refractivity contribution in [3.63, 3.8) is 0 Å². The van der Waals surface area contributed by atoms with Crippen molar-refractivity contribution in [2.75, 3.05) is 18.5 Å². The summed E-state index contributed by atoms with van der Waals surface area (Å²) in [6, 6.07) is 0.171. The van der Waals surface area contributed by atoms with E-state index in [1.165, 1.54) is 17.8 Å². The highest BCUT2D eigenvalue weighted by Crippen LogP contribution is 2.24. The molecule has 0 bridgehead atoms. The molecular formula is C14H28N4. The predicted molar refractivity (Wildman–Crippen MR) is 78.0 cm³/mol. The SMILES string of the molecule is Cc1nn(C)c(N(C)CCC(C)C)c1CC(C)N. The quantitative estimate of drug-likeness (QED) is 0.843. The topological polar surface area (TPSA) is 47.1 Å². The second-order valence-corrected chi connectivity index (χ2v) is 5.80. The lowest BCUT2D eigenvalue weighted by Gasteiger charge is -2.22. The van der Waals surface area contributed by atoms with Crippen LogP contribution in [0.1, 0.15) is 38.4 Å². The van der Waals surface area contributed by atoms with E-state index in [-0.39, 0.29) is 6.04 Å². The minimum atomic E-state index is 0.171. The Morgan fingerprint density at radius 2 is 1.94 bits per heavy atom. The van der Waals surface area contributed by atoms with Crippen molar-refractivity contribution in [2.45, 2.75) is 46.6 Å². The third kappa shape index (κ3) is 3.73. The van der Waals surface area contributed by atoms with Crippen molar-refractivity contribution >= 4 is 5.82 Å². The molecule has 0 fully saturated rings. The predicted octanol–water partition coefficient (Wildman–Crippen LogP) is 2.10. The molecule has 0 saturated carbocycles. The lowest BCUT2D eigenvalue weighted by atomic mass is 10.1. The zero-order valence-corrected chi connectivity index (χ0v) is 12.7. The van der Waals surface area contributed by atoms with Gasteiger partial charge in [0.2, 0.25) is 0 Å². The highest BCUT2D eigenvalue weighted by molar-refractivity contribution is 5.50. The van der Waals surface area contributed by atoms with E-state index in [2.05, 4.69) is 37.8 Å². The van der Waals surface area contributed by atoms with E-state index in [0.29, 0.717) is 0 Å². The van der Waals surface area contributed by atoms with Gasteiger partial charge in [-0.3, -0.25) is 4.68 Å². The first kappa shape index (κ1) is 15.0. The third-order valence-electron chi connectivity index (χ3n) is 3.24. The molecule has 1 aromatic rings. The Balaban J connectivity index is 2.91. The van der Waals surface area contributed by atoms with Crippen molar-refractivity contribution in [3.8, 4) is 0 Å². The van der Waals surface area contributed by atoms with Gasteiger partial charge >= 0.3 is 0 Å². The summed E-state index contributed by atoms with van der Waals surface area (Å²) in [5.74, 6) is 1.93. The maximum Gasteiger partial charge on any atom is 0.129 e. The molecular weight excluding hydrogens is 224 g/mol. The Kier molecular flexibility index (Phi) is 5.20. The summed E-state index contributed by atoms with van der Waals surface area (Å²) < 4.78 is 1.98. The van der Waals surface area contributed by atoms with Crippen LogP contribution in [-0.4, -0.2) is 29.4 Å². The van der Waals surface area contributed by atoms with Crippen molar-refractivity contribution in [1.82, 2.24) is 9.78 Å². The Hall–Kier alpha value is -1.03. The molecule has 0 aliphatic heterocycles. The first-order valence-corrected chi connectivity index (χ1v) is 6.82. The summed E-state index contributed by atoms with van der Waals surface area (Å²) in [5, 5.41) is 4.53. The van der Waals surface area contributed by atoms with E-state index in [9.17, 15) is 0 Å². The van der Waals surface area contributed by atoms with Crippen LogP contribution in [0.3, 0.4) is 0 Å². The van der Waals surface area contributed by atoms with E-state index in [0.717, 1.165) is 24.6 Å². The fourth-order valence-corrected chi connectivity index (χ4v) is 2.29. The number of rotatable bonds is 6. The van der Waals surface area contributed by atoms with Crippen LogP contribution in [0.25, 0.3) is 0 Å². The van der Waals surface area contributed by atoms with Gasteiger partial charge in [-0.2, -0.15) is 5.10 Å². The maximum absolute atomic E-state index is 5.94. The third-order valence-corrected chi connectivity index (χ3v) is 3.24. The van der Waals surface area contributed by atoms with Crippen LogP contribution in [0.5, 0.6) is 0 Å². The van der Waals surface area contributed by atoms with E-state index in [1.54, 1.807) is 0 Å². The van der Waals surface area contributed by atoms with Gasteiger partial charge in [-0.25, -0.2) is 0 Å². The Morgan fingerprint density at radius 3 is 2.44 bits per heavy atom. The smallest absolute Gasteiger partial charge is 0.129 e. The van der Waals surface area contributed by atoms with Crippen LogP contribution in [0.15, 0.2) is 0 Å². The minimum Gasteiger partial charge on any atom is -0.360 e. The first-order valence-electron chi connectivity index (χ1n) is 6.82. The molecule has 0 aliphatic rings. The van der Waals surface area contributed by atoms with Crippen LogP contribution < -0.4 is 10.6 Å². The lowest BCUT2D eigenvalue weighted by Crippen LogP contribution is -2.25. The maximum atomic E-state index is 5.94. The molecule has 18 heavy (non-hydrogen) atoms. The summed E-state index contributed by atoms with van der Waals surface area (Å²) in [6.07, 6.45) is 2.08. The summed E-state index contributed by atoms with van der Waals surface area (Å²) in [6.45, 7) is 9.68. The van der Waals surface area contributed by atoms with Gasteiger partial charge in [-0.1, -0.05) is 13.8 Å². The molecule has 0 saturated heterocycles. The zero-order valence-electron chi connectivity index (χ0n) is 12.7. The number of anilines is 1. The van der Waals surface area contributed by atoms with Gasteiger partial charge in [0.15, 0.2) is 0 Å². The Bertz CT molecular complexity index is 379. The van der Waals surface area contributed by atoms with Gasteiger partial charge in [0, 0.05) is 32.2 Å². The molecule has 104 valence electrons. The molecule has 2 N–H and O–H groups in total. The van der Waals surface area contributed by atoms with E-state index in [1.807, 2.05) is 18.7 Å². The molecule has 1 aromatic heterocycles. The van der Waals surface area contributed by atoms with Gasteiger partial charge < -0.3 is 10.6 Å². The van der Waals surface area contributed by atoms with Crippen LogP contribution in [0.4, 0.5) is 5.82 Å². The van der Waals surface area contributed by atoms with Crippen molar-refractivity contribution in [1.29, 1.82) is 0 Å². The minimum absolute atomic E-state index is 0.171. The van der Waals surface area contributed by atoms with Gasteiger partial charge in [-0.05, 0) is 32.6 Å². The van der Waals surface area contributed by atoms with Gasteiger partial charge in [0.1, 0.15) is 5.82 Å². The Morgan fingerprint density at radius 1 is 1.33 bits per heavy atom. The molecule has 0 aliphatic carbocycles. The standard InChI is InChI=1S/C14H28N4/c1-10(2)7-8-17(5)14-13(9-11(3)15)12(4)16-18(14)6/h10-11H,7-9,15H2,1-6H3. The van der Waals surface area contributed by atoms with Crippen LogP contribution in [0.2, 0.25) is 0 Å². The Labute approximate surface area is 111 Å². The molecule has 4 heteroatoms. The van der Waals surface area contributed by atoms with E-state index >= 15 is 0 Å². The summed E-state index contributed by atoms with van der Waals surface area (Å²) >= 11 is 0. The summed E-state index contributed by atoms with van der Waals surface area (Å²) in [5.41, 5.74) is 8.33. The largest absolute Gasteiger partial charge is 0.360 e. The van der Waals surface area contributed by atoms with Crippen molar-refractivity contribution in [2.24, 2.45) is 18.7 Å². The second kappa shape index (κ2) is 6.23. The first-order chi connectivity index (χ1) is 8.32. The molecule has 1 heterocycles. The van der Waals surface area contributed by atoms with Crippen molar-refractivity contribution in [3.05, 3.63) is 11.3 Å². The number of aromatic nitrogens is 2. The molecule has 0 amide bonds. The van der Waals surface area contributed by atoms with Crippen LogP contribution >= 0.6 is 0 Å². The number of aryl methyl sites for hydroxylation is 2. The second-order valence-electron chi connectivity index (χ2n) is 5.80. The number of nitrogens with two attached hydrogens (primary N) is 1. The lowest BCUT2D eigenvalue weighted by molar-refractivity contribution is 0.577. The summed E-state index contributed by atoms with van der Waals surface area (Å²) in [7, 11) is 4.16. The number of hydrogen-bond acceptors (Lipinski definition) is 3. The molecule has 4 nitrogen and oxygen atoms in total. The molecule has 1 rings (SSSR count). The highest BCUT2D eigenvalue weighted by Gasteiger charge is 2.17. The molecule has 0 spiro atoms. The van der Waals surface area contributed by atoms with Gasteiger partial charge in [0.25, 0.3) is 0 Å². The molecule has 0 aromatic carbocycles. The number of hydrogen-bond donors (Lipinski definition) is 1. The van der Waals surface area contributed by atoms with Gasteiger partial charge in [-0.15, -0.1) is 0 Å². The van der Waals surface area contributed by atoms with Crippen molar-refractivity contribution < 1.29 is 0 Å². The fourth-order valence-electron chi connectivity index (χ4n) is 2.29. The molecule has 0 radical (unpaired) electrons. The zero-order chi connectivity index (χ0) is 13.9. The van der Waals surface area contributed by atoms with E-state index < -0.39 is 0 Å². The van der Waals surface area contributed by atoms with E-state index in [4.69, 9.17) is 5.73 Å². The van der Waals surface area contributed by atoms with Gasteiger partial charge in [0.05, 0.1) is 5.69 Å². The van der Waals surface area contributed by atoms with Crippen LogP contribution in [0, 0.1) is 12.8 Å².